The summed E-state index contributed by atoms with van der Waals surface area (Å²) in [6.45, 7) is -0.0931. The highest BCUT2D eigenvalue weighted by molar-refractivity contribution is 5.65. The zero-order valence-electron chi connectivity index (χ0n) is 9.18. The highest BCUT2D eigenvalue weighted by Crippen LogP contribution is 2.28. The van der Waals surface area contributed by atoms with Crippen molar-refractivity contribution in [1.29, 1.82) is 0 Å². The Bertz CT molecular complexity index is 573. The van der Waals surface area contributed by atoms with Crippen LogP contribution in [-0.4, -0.2) is 0 Å². The van der Waals surface area contributed by atoms with Crippen LogP contribution in [0.5, 0.6) is 0 Å². The van der Waals surface area contributed by atoms with Crippen LogP contribution in [0, 0.1) is 23.3 Å². The lowest BCUT2D eigenvalue weighted by Crippen LogP contribution is -2.01. The first-order chi connectivity index (χ1) is 8.52. The van der Waals surface area contributed by atoms with Crippen molar-refractivity contribution in [3.63, 3.8) is 0 Å². The van der Waals surface area contributed by atoms with Gasteiger partial charge >= 0.3 is 0 Å². The molecule has 0 aliphatic rings. The van der Waals surface area contributed by atoms with Gasteiger partial charge < -0.3 is 5.73 Å². The first kappa shape index (κ1) is 12.6. The molecule has 2 rings (SSSR count). The molecule has 0 aromatic heterocycles. The van der Waals surface area contributed by atoms with E-state index in [9.17, 15) is 17.6 Å². The molecule has 5 heteroatoms. The summed E-state index contributed by atoms with van der Waals surface area (Å²) in [7, 11) is 0. The fraction of sp³-hybridized carbons (Fsp3) is 0.0769. The Morgan fingerprint density at radius 3 is 2.00 bits per heavy atom. The van der Waals surface area contributed by atoms with Crippen LogP contribution >= 0.6 is 0 Å². The minimum atomic E-state index is -1.04. The van der Waals surface area contributed by atoms with Crippen molar-refractivity contribution in [2.75, 3.05) is 0 Å². The van der Waals surface area contributed by atoms with Gasteiger partial charge in [-0.25, -0.2) is 17.6 Å². The topological polar surface area (TPSA) is 26.0 Å². The van der Waals surface area contributed by atoms with E-state index in [1.807, 2.05) is 0 Å². The second kappa shape index (κ2) is 4.78. The first-order valence-electron chi connectivity index (χ1n) is 5.16. The van der Waals surface area contributed by atoms with E-state index >= 15 is 0 Å². The standard InChI is InChI=1S/C13H9F4N/c14-9-4-11(16)13(12(17)5-9)7-1-2-10(15)8(3-7)6-18/h1-5H,6,18H2. The predicted molar refractivity (Wildman–Crippen MR) is 59.6 cm³/mol. The van der Waals surface area contributed by atoms with Gasteiger partial charge in [0.05, 0.1) is 5.56 Å². The first-order valence-corrected chi connectivity index (χ1v) is 5.16. The third kappa shape index (κ3) is 2.22. The molecule has 0 aliphatic heterocycles. The number of hydrogen-bond donors (Lipinski definition) is 1. The largest absolute Gasteiger partial charge is 0.326 e. The van der Waals surface area contributed by atoms with E-state index in [2.05, 4.69) is 0 Å². The summed E-state index contributed by atoms with van der Waals surface area (Å²) in [5.41, 5.74) is 5.17. The Kier molecular flexibility index (Phi) is 3.34. The molecule has 0 fully saturated rings. The molecule has 0 unspecified atom stereocenters. The number of rotatable bonds is 2. The third-order valence-electron chi connectivity index (χ3n) is 2.56. The minimum absolute atomic E-state index is 0.0931. The van der Waals surface area contributed by atoms with E-state index in [0.29, 0.717) is 12.1 Å². The van der Waals surface area contributed by atoms with Gasteiger partial charge in [0.15, 0.2) is 0 Å². The van der Waals surface area contributed by atoms with Crippen molar-refractivity contribution in [3.8, 4) is 11.1 Å². The third-order valence-corrected chi connectivity index (χ3v) is 2.56. The van der Waals surface area contributed by atoms with Crippen LogP contribution in [0.15, 0.2) is 30.3 Å². The minimum Gasteiger partial charge on any atom is -0.326 e. The SMILES string of the molecule is NCc1cc(-c2c(F)cc(F)cc2F)ccc1F. The molecule has 0 radical (unpaired) electrons. The quantitative estimate of drug-likeness (QED) is 0.818. The molecule has 0 saturated carbocycles. The Labute approximate surface area is 101 Å². The van der Waals surface area contributed by atoms with E-state index in [1.54, 1.807) is 0 Å². The molecule has 0 atom stereocenters. The summed E-state index contributed by atoms with van der Waals surface area (Å²) in [6, 6.07) is 4.68. The molecule has 1 nitrogen and oxygen atoms in total. The molecule has 0 bridgehead atoms. The molecule has 0 saturated heterocycles. The van der Waals surface area contributed by atoms with Crippen LogP contribution in [0.3, 0.4) is 0 Å². The average molecular weight is 255 g/mol. The molecule has 2 aromatic carbocycles. The van der Waals surface area contributed by atoms with E-state index in [-0.39, 0.29) is 17.7 Å². The fourth-order valence-corrected chi connectivity index (χ4v) is 1.70. The molecule has 2 aromatic rings. The molecule has 0 heterocycles. The van der Waals surface area contributed by atoms with Gasteiger partial charge in [-0.3, -0.25) is 0 Å². The van der Waals surface area contributed by atoms with Gasteiger partial charge in [-0.15, -0.1) is 0 Å². The van der Waals surface area contributed by atoms with Gasteiger partial charge in [0.1, 0.15) is 23.3 Å². The monoisotopic (exact) mass is 255 g/mol. The van der Waals surface area contributed by atoms with E-state index < -0.39 is 28.8 Å². The van der Waals surface area contributed by atoms with Crippen molar-refractivity contribution in [1.82, 2.24) is 0 Å². The summed E-state index contributed by atoms with van der Waals surface area (Å²) >= 11 is 0. The number of nitrogens with two attached hydrogens (primary N) is 1. The Hall–Kier alpha value is -1.88. The van der Waals surface area contributed by atoms with Crippen LogP contribution in [0.2, 0.25) is 0 Å². The molecular weight excluding hydrogens is 246 g/mol. The van der Waals surface area contributed by atoms with E-state index in [4.69, 9.17) is 5.73 Å². The lowest BCUT2D eigenvalue weighted by molar-refractivity contribution is 0.547. The summed E-state index contributed by atoms with van der Waals surface area (Å²) in [5, 5.41) is 0. The smallest absolute Gasteiger partial charge is 0.136 e. The van der Waals surface area contributed by atoms with Crippen molar-refractivity contribution >= 4 is 0 Å². The summed E-state index contributed by atoms with van der Waals surface area (Å²) in [6.07, 6.45) is 0. The van der Waals surface area contributed by atoms with Crippen molar-refractivity contribution in [2.24, 2.45) is 5.73 Å². The molecule has 18 heavy (non-hydrogen) atoms. The second-order valence-electron chi connectivity index (χ2n) is 3.75. The lowest BCUT2D eigenvalue weighted by atomic mass is 10.0. The van der Waals surface area contributed by atoms with Crippen LogP contribution in [-0.2, 0) is 6.54 Å². The molecule has 0 amide bonds. The van der Waals surface area contributed by atoms with Gasteiger partial charge in [0, 0.05) is 24.2 Å². The normalized spacial score (nSPS) is 10.7. The zero-order chi connectivity index (χ0) is 13.3. The number of halogens is 4. The van der Waals surface area contributed by atoms with E-state index in [0.717, 1.165) is 6.07 Å². The highest BCUT2D eigenvalue weighted by Gasteiger charge is 2.14. The predicted octanol–water partition coefficient (Wildman–Crippen LogP) is 3.37. The molecule has 0 spiro atoms. The molecular formula is C13H9F4N. The lowest BCUT2D eigenvalue weighted by Gasteiger charge is -2.08. The van der Waals surface area contributed by atoms with Crippen molar-refractivity contribution in [2.45, 2.75) is 6.54 Å². The van der Waals surface area contributed by atoms with Crippen LogP contribution in [0.4, 0.5) is 17.6 Å². The fourth-order valence-electron chi connectivity index (χ4n) is 1.70. The maximum Gasteiger partial charge on any atom is 0.136 e. The number of benzene rings is 2. The van der Waals surface area contributed by atoms with Gasteiger partial charge in [-0.05, 0) is 17.7 Å². The number of hydrogen-bond acceptors (Lipinski definition) is 1. The van der Waals surface area contributed by atoms with Crippen LogP contribution in [0.1, 0.15) is 5.56 Å². The van der Waals surface area contributed by atoms with Gasteiger partial charge in [0.25, 0.3) is 0 Å². The second-order valence-corrected chi connectivity index (χ2v) is 3.75. The van der Waals surface area contributed by atoms with Crippen LogP contribution in [0.25, 0.3) is 11.1 Å². The highest BCUT2D eigenvalue weighted by atomic mass is 19.1. The maximum absolute atomic E-state index is 13.5. The van der Waals surface area contributed by atoms with Crippen molar-refractivity contribution in [3.05, 3.63) is 59.2 Å². The van der Waals surface area contributed by atoms with Gasteiger partial charge in [0.2, 0.25) is 0 Å². The van der Waals surface area contributed by atoms with Gasteiger partial charge in [-0.2, -0.15) is 0 Å². The Morgan fingerprint density at radius 2 is 1.44 bits per heavy atom. The summed E-state index contributed by atoms with van der Waals surface area (Å²) in [5.74, 6) is -3.64. The Balaban J connectivity index is 2.62. The maximum atomic E-state index is 13.5. The molecule has 0 aliphatic carbocycles. The summed E-state index contributed by atoms with van der Waals surface area (Å²) in [4.78, 5) is 0. The van der Waals surface area contributed by atoms with Crippen LogP contribution < -0.4 is 5.73 Å². The van der Waals surface area contributed by atoms with Crippen molar-refractivity contribution < 1.29 is 17.6 Å². The average Bonchev–Trinajstić information content (AvgIpc) is 2.30. The zero-order valence-corrected chi connectivity index (χ0v) is 9.18. The Morgan fingerprint density at radius 1 is 0.833 bits per heavy atom. The van der Waals surface area contributed by atoms with Gasteiger partial charge in [-0.1, -0.05) is 6.07 Å². The van der Waals surface area contributed by atoms with E-state index in [1.165, 1.54) is 12.1 Å². The molecule has 94 valence electrons. The molecule has 2 N–H and O–H groups in total. The summed E-state index contributed by atoms with van der Waals surface area (Å²) < 4.78 is 53.1.